The first kappa shape index (κ1) is 21.4. The highest BCUT2D eigenvalue weighted by molar-refractivity contribution is 5.80. The van der Waals surface area contributed by atoms with Crippen LogP contribution in [0.3, 0.4) is 0 Å². The molecule has 1 amide bonds. The van der Waals surface area contributed by atoms with E-state index in [9.17, 15) is 4.79 Å². The molecule has 3 aromatic rings. The number of methoxy groups -OCH3 is 1. The SMILES string of the molecule is COc1ccc(-c2noc(CNC(=O)[C@@H](C)Oc3ccc(C(C)(C)C)cc3)n2)cc1. The molecule has 2 aromatic carbocycles. The highest BCUT2D eigenvalue weighted by Gasteiger charge is 2.18. The van der Waals surface area contributed by atoms with Gasteiger partial charge in [-0.3, -0.25) is 4.79 Å². The maximum Gasteiger partial charge on any atom is 0.261 e. The Bertz CT molecular complexity index is 973. The summed E-state index contributed by atoms with van der Waals surface area (Å²) in [6.07, 6.45) is -0.658. The van der Waals surface area contributed by atoms with Crippen LogP contribution in [0.15, 0.2) is 53.1 Å². The topological polar surface area (TPSA) is 86.5 Å². The number of carbonyl (C=O) groups is 1. The summed E-state index contributed by atoms with van der Waals surface area (Å²) in [5.74, 6) is 1.89. The third-order valence-electron chi connectivity index (χ3n) is 4.63. The molecule has 158 valence electrons. The van der Waals surface area contributed by atoms with Gasteiger partial charge in [0.05, 0.1) is 13.7 Å². The van der Waals surface area contributed by atoms with Gasteiger partial charge in [-0.25, -0.2) is 0 Å². The van der Waals surface area contributed by atoms with E-state index >= 15 is 0 Å². The summed E-state index contributed by atoms with van der Waals surface area (Å²) in [5, 5.41) is 6.71. The standard InChI is InChI=1S/C23H27N3O4/c1-15(29-19-12-8-17(9-13-19)23(2,3)4)22(27)24-14-20-25-21(26-30-20)16-6-10-18(28-5)11-7-16/h6-13,15H,14H2,1-5H3,(H,24,27)/t15-/m1/s1. The second kappa shape index (κ2) is 8.98. The van der Waals surface area contributed by atoms with Crippen molar-refractivity contribution in [2.24, 2.45) is 0 Å². The van der Waals surface area contributed by atoms with Gasteiger partial charge in [-0.2, -0.15) is 4.98 Å². The average Bonchev–Trinajstić information content (AvgIpc) is 3.21. The van der Waals surface area contributed by atoms with Gasteiger partial charge in [-0.15, -0.1) is 0 Å². The minimum Gasteiger partial charge on any atom is -0.497 e. The highest BCUT2D eigenvalue weighted by Crippen LogP contribution is 2.24. The molecule has 0 aliphatic heterocycles. The summed E-state index contributed by atoms with van der Waals surface area (Å²) in [6, 6.07) is 15.1. The molecular weight excluding hydrogens is 382 g/mol. The van der Waals surface area contributed by atoms with E-state index in [0.29, 0.717) is 17.5 Å². The lowest BCUT2D eigenvalue weighted by Gasteiger charge is -2.20. The fourth-order valence-corrected chi connectivity index (χ4v) is 2.78. The van der Waals surface area contributed by atoms with Crippen LogP contribution < -0.4 is 14.8 Å². The van der Waals surface area contributed by atoms with E-state index in [2.05, 4.69) is 36.2 Å². The lowest BCUT2D eigenvalue weighted by atomic mass is 9.87. The number of aromatic nitrogens is 2. The zero-order chi connectivity index (χ0) is 21.7. The van der Waals surface area contributed by atoms with Crippen LogP contribution in [0.2, 0.25) is 0 Å². The maximum absolute atomic E-state index is 12.4. The van der Waals surface area contributed by atoms with Crippen molar-refractivity contribution in [3.63, 3.8) is 0 Å². The van der Waals surface area contributed by atoms with Crippen molar-refractivity contribution >= 4 is 5.91 Å². The molecule has 0 radical (unpaired) electrons. The second-order valence-electron chi connectivity index (χ2n) is 7.99. The van der Waals surface area contributed by atoms with Crippen LogP contribution >= 0.6 is 0 Å². The molecule has 0 saturated carbocycles. The van der Waals surface area contributed by atoms with Crippen molar-refractivity contribution in [1.82, 2.24) is 15.5 Å². The van der Waals surface area contributed by atoms with Crippen LogP contribution in [-0.2, 0) is 16.8 Å². The van der Waals surface area contributed by atoms with Crippen LogP contribution in [0.5, 0.6) is 11.5 Å². The number of rotatable bonds is 7. The van der Waals surface area contributed by atoms with Crippen LogP contribution in [0, 0.1) is 0 Å². The minimum atomic E-state index is -0.658. The summed E-state index contributed by atoms with van der Waals surface area (Å²) >= 11 is 0. The average molecular weight is 409 g/mol. The normalized spacial score (nSPS) is 12.3. The highest BCUT2D eigenvalue weighted by atomic mass is 16.5. The van der Waals surface area contributed by atoms with E-state index in [1.54, 1.807) is 14.0 Å². The van der Waals surface area contributed by atoms with Gasteiger partial charge in [0, 0.05) is 5.56 Å². The summed E-state index contributed by atoms with van der Waals surface area (Å²) in [6.45, 7) is 8.27. The molecule has 0 bridgehead atoms. The number of benzene rings is 2. The fraction of sp³-hybridized carbons (Fsp3) is 0.348. The minimum absolute atomic E-state index is 0.0657. The second-order valence-corrected chi connectivity index (χ2v) is 7.99. The Morgan fingerprint density at radius 1 is 1.07 bits per heavy atom. The van der Waals surface area contributed by atoms with Gasteiger partial charge in [0.1, 0.15) is 11.5 Å². The largest absolute Gasteiger partial charge is 0.497 e. The van der Waals surface area contributed by atoms with E-state index in [4.69, 9.17) is 14.0 Å². The molecule has 0 unspecified atom stereocenters. The van der Waals surface area contributed by atoms with Gasteiger partial charge in [-0.1, -0.05) is 38.1 Å². The maximum atomic E-state index is 12.4. The first-order valence-electron chi connectivity index (χ1n) is 9.78. The predicted molar refractivity (Wildman–Crippen MR) is 113 cm³/mol. The van der Waals surface area contributed by atoms with Crippen molar-refractivity contribution in [3.05, 3.63) is 60.0 Å². The van der Waals surface area contributed by atoms with E-state index < -0.39 is 6.10 Å². The van der Waals surface area contributed by atoms with Crippen molar-refractivity contribution in [1.29, 1.82) is 0 Å². The Morgan fingerprint density at radius 2 is 1.70 bits per heavy atom. The van der Waals surface area contributed by atoms with Crippen molar-refractivity contribution in [3.8, 4) is 22.9 Å². The number of hydrogen-bond donors (Lipinski definition) is 1. The van der Waals surface area contributed by atoms with Crippen molar-refractivity contribution in [2.75, 3.05) is 7.11 Å². The zero-order valence-corrected chi connectivity index (χ0v) is 17.9. The van der Waals surface area contributed by atoms with Gasteiger partial charge in [-0.05, 0) is 54.3 Å². The molecular formula is C23H27N3O4. The Labute approximate surface area is 176 Å². The van der Waals surface area contributed by atoms with E-state index in [1.165, 1.54) is 5.56 Å². The zero-order valence-electron chi connectivity index (χ0n) is 17.9. The number of amides is 1. The molecule has 1 N–H and O–H groups in total. The number of hydrogen-bond acceptors (Lipinski definition) is 6. The predicted octanol–water partition coefficient (Wildman–Crippen LogP) is 4.13. The number of carbonyl (C=O) groups excluding carboxylic acids is 1. The van der Waals surface area contributed by atoms with Gasteiger partial charge in [0.15, 0.2) is 6.10 Å². The van der Waals surface area contributed by atoms with Crippen LogP contribution in [-0.4, -0.2) is 29.3 Å². The molecule has 0 aliphatic carbocycles. The molecule has 1 aromatic heterocycles. The van der Waals surface area contributed by atoms with Crippen molar-refractivity contribution < 1.29 is 18.8 Å². The molecule has 7 heteroatoms. The molecule has 0 fully saturated rings. The molecule has 7 nitrogen and oxygen atoms in total. The van der Waals surface area contributed by atoms with E-state index in [0.717, 1.165) is 11.3 Å². The van der Waals surface area contributed by atoms with Gasteiger partial charge in [0.2, 0.25) is 11.7 Å². The summed E-state index contributed by atoms with van der Waals surface area (Å²) in [4.78, 5) is 16.7. The van der Waals surface area contributed by atoms with E-state index in [-0.39, 0.29) is 17.9 Å². The molecule has 0 spiro atoms. The summed E-state index contributed by atoms with van der Waals surface area (Å²) in [5.41, 5.74) is 2.07. The molecule has 3 rings (SSSR count). The van der Waals surface area contributed by atoms with Crippen LogP contribution in [0.4, 0.5) is 0 Å². The number of nitrogens with zero attached hydrogens (tertiary/aromatic N) is 2. The molecule has 1 atom stereocenters. The lowest BCUT2D eigenvalue weighted by Crippen LogP contribution is -2.36. The van der Waals surface area contributed by atoms with Crippen molar-refractivity contribution in [2.45, 2.75) is 45.8 Å². The quantitative estimate of drug-likeness (QED) is 0.631. The number of ether oxygens (including phenoxy) is 2. The summed E-state index contributed by atoms with van der Waals surface area (Å²) < 4.78 is 16.1. The molecule has 0 saturated heterocycles. The van der Waals surface area contributed by atoms with Gasteiger partial charge in [0.25, 0.3) is 5.91 Å². The Balaban J connectivity index is 1.53. The Morgan fingerprint density at radius 3 is 2.30 bits per heavy atom. The molecule has 1 heterocycles. The Kier molecular flexibility index (Phi) is 6.40. The van der Waals surface area contributed by atoms with Gasteiger partial charge >= 0.3 is 0 Å². The third-order valence-corrected chi connectivity index (χ3v) is 4.63. The van der Waals surface area contributed by atoms with Crippen LogP contribution in [0.1, 0.15) is 39.1 Å². The van der Waals surface area contributed by atoms with E-state index in [1.807, 2.05) is 48.5 Å². The molecule has 0 aliphatic rings. The fourth-order valence-electron chi connectivity index (χ4n) is 2.78. The lowest BCUT2D eigenvalue weighted by molar-refractivity contribution is -0.127. The Hall–Kier alpha value is -3.35. The smallest absolute Gasteiger partial charge is 0.261 e. The third kappa shape index (κ3) is 5.37. The van der Waals surface area contributed by atoms with Crippen LogP contribution in [0.25, 0.3) is 11.4 Å². The first-order chi connectivity index (χ1) is 14.3. The van der Waals surface area contributed by atoms with Gasteiger partial charge < -0.3 is 19.3 Å². The first-order valence-corrected chi connectivity index (χ1v) is 9.78. The monoisotopic (exact) mass is 409 g/mol. The molecule has 30 heavy (non-hydrogen) atoms. The summed E-state index contributed by atoms with van der Waals surface area (Å²) in [7, 11) is 1.61. The number of nitrogens with one attached hydrogen (secondary N) is 1.